The molecule has 6 heteroatoms. The van der Waals surface area contributed by atoms with Crippen molar-refractivity contribution < 1.29 is 10.0 Å². The van der Waals surface area contributed by atoms with Gasteiger partial charge in [-0.15, -0.1) is 0 Å². The summed E-state index contributed by atoms with van der Waals surface area (Å²) in [5.41, 5.74) is 0.0599. The maximum absolute atomic E-state index is 10.6. The number of β-amino-alcohol motifs (C(OH)–C–C–N with tert-alkyl or cyclic N) is 1. The van der Waals surface area contributed by atoms with E-state index in [1.807, 2.05) is 4.90 Å². The van der Waals surface area contributed by atoms with Crippen LogP contribution in [0, 0.1) is 17.0 Å². The van der Waals surface area contributed by atoms with Crippen LogP contribution >= 0.6 is 0 Å². The molecule has 0 radical (unpaired) electrons. The van der Waals surface area contributed by atoms with E-state index in [9.17, 15) is 15.2 Å². The summed E-state index contributed by atoms with van der Waals surface area (Å²) in [6, 6.07) is 1.51. The lowest BCUT2D eigenvalue weighted by Crippen LogP contribution is -2.30. The molecular weight excluding hydrogens is 222 g/mol. The van der Waals surface area contributed by atoms with Gasteiger partial charge in [-0.2, -0.15) is 0 Å². The van der Waals surface area contributed by atoms with Gasteiger partial charge in [-0.1, -0.05) is 0 Å². The van der Waals surface area contributed by atoms with Crippen LogP contribution in [0.4, 0.5) is 11.5 Å². The molecule has 0 aromatic carbocycles. The zero-order valence-electron chi connectivity index (χ0n) is 9.88. The molecule has 1 aliphatic heterocycles. The van der Waals surface area contributed by atoms with Crippen molar-refractivity contribution in [2.45, 2.75) is 25.9 Å². The summed E-state index contributed by atoms with van der Waals surface area (Å²) in [6.07, 6.45) is 1.94. The normalized spacial score (nSPS) is 24.1. The van der Waals surface area contributed by atoms with E-state index in [1.165, 1.54) is 12.3 Å². The van der Waals surface area contributed by atoms with Crippen LogP contribution in [0.25, 0.3) is 0 Å². The molecule has 1 saturated heterocycles. The number of nitrogens with zero attached hydrogens (tertiary/aromatic N) is 3. The largest absolute Gasteiger partial charge is 0.388 e. The van der Waals surface area contributed by atoms with Crippen LogP contribution in [0.15, 0.2) is 12.3 Å². The van der Waals surface area contributed by atoms with Crippen molar-refractivity contribution >= 4 is 11.5 Å². The number of hydrogen-bond acceptors (Lipinski definition) is 5. The fraction of sp³-hybridized carbons (Fsp3) is 0.545. The minimum Gasteiger partial charge on any atom is -0.388 e. The van der Waals surface area contributed by atoms with E-state index < -0.39 is 10.5 Å². The van der Waals surface area contributed by atoms with Gasteiger partial charge in [0.2, 0.25) is 0 Å². The van der Waals surface area contributed by atoms with E-state index in [0.29, 0.717) is 18.8 Å². The van der Waals surface area contributed by atoms with Crippen molar-refractivity contribution in [2.24, 2.45) is 0 Å². The third-order valence-electron chi connectivity index (χ3n) is 3.00. The fourth-order valence-electron chi connectivity index (χ4n) is 2.11. The summed E-state index contributed by atoms with van der Waals surface area (Å²) in [5, 5.41) is 20.5. The number of pyridine rings is 1. The summed E-state index contributed by atoms with van der Waals surface area (Å²) >= 11 is 0. The Balaban J connectivity index is 2.26. The summed E-state index contributed by atoms with van der Waals surface area (Å²) in [5.74, 6) is 0.716. The summed E-state index contributed by atoms with van der Waals surface area (Å²) in [4.78, 5) is 16.2. The molecule has 0 bridgehead atoms. The Morgan fingerprint density at radius 3 is 2.82 bits per heavy atom. The topological polar surface area (TPSA) is 79.5 Å². The molecule has 2 heterocycles. The van der Waals surface area contributed by atoms with E-state index in [-0.39, 0.29) is 5.69 Å². The second-order valence-corrected chi connectivity index (χ2v) is 4.76. The third-order valence-corrected chi connectivity index (χ3v) is 3.00. The Morgan fingerprint density at radius 1 is 1.65 bits per heavy atom. The molecule has 1 fully saturated rings. The molecule has 0 spiro atoms. The van der Waals surface area contributed by atoms with Crippen LogP contribution in [-0.2, 0) is 0 Å². The molecule has 2 rings (SSSR count). The lowest BCUT2D eigenvalue weighted by Gasteiger charge is -2.21. The highest BCUT2D eigenvalue weighted by Gasteiger charge is 2.32. The van der Waals surface area contributed by atoms with Gasteiger partial charge in [-0.25, -0.2) is 4.98 Å². The lowest BCUT2D eigenvalue weighted by molar-refractivity contribution is -0.385. The zero-order chi connectivity index (χ0) is 12.6. The number of nitro groups is 1. The third kappa shape index (κ3) is 2.36. The van der Waals surface area contributed by atoms with Crippen LogP contribution in [0.1, 0.15) is 18.9 Å². The van der Waals surface area contributed by atoms with Crippen LogP contribution < -0.4 is 4.90 Å². The first-order valence-electron chi connectivity index (χ1n) is 5.47. The zero-order valence-corrected chi connectivity index (χ0v) is 9.88. The second kappa shape index (κ2) is 3.96. The Labute approximate surface area is 99.0 Å². The van der Waals surface area contributed by atoms with Crippen LogP contribution in [-0.4, -0.2) is 33.7 Å². The summed E-state index contributed by atoms with van der Waals surface area (Å²) in [7, 11) is 0. The van der Waals surface area contributed by atoms with Crippen LogP contribution in [0.2, 0.25) is 0 Å². The van der Waals surface area contributed by atoms with Gasteiger partial charge in [0.15, 0.2) is 0 Å². The van der Waals surface area contributed by atoms with Gasteiger partial charge >= 0.3 is 0 Å². The molecule has 1 unspecified atom stereocenters. The van der Waals surface area contributed by atoms with E-state index in [1.54, 1.807) is 13.8 Å². The Hall–Kier alpha value is -1.69. The predicted octanol–water partition coefficient (Wildman–Crippen LogP) is 1.26. The second-order valence-electron chi connectivity index (χ2n) is 4.76. The first-order valence-corrected chi connectivity index (χ1v) is 5.47. The van der Waals surface area contributed by atoms with Crippen molar-refractivity contribution in [3.05, 3.63) is 27.9 Å². The molecule has 1 N–H and O–H groups in total. The van der Waals surface area contributed by atoms with E-state index >= 15 is 0 Å². The monoisotopic (exact) mass is 237 g/mol. The molecule has 1 aliphatic rings. The molecule has 1 aromatic heterocycles. The van der Waals surface area contributed by atoms with Gasteiger partial charge in [0.25, 0.3) is 5.69 Å². The average Bonchev–Trinajstić information content (AvgIpc) is 2.58. The number of aryl methyl sites for hydroxylation is 1. The van der Waals surface area contributed by atoms with Crippen molar-refractivity contribution in [3.63, 3.8) is 0 Å². The summed E-state index contributed by atoms with van der Waals surface area (Å²) in [6.45, 7) is 4.81. The molecule has 92 valence electrons. The van der Waals surface area contributed by atoms with Crippen LogP contribution in [0.5, 0.6) is 0 Å². The number of hydrogen-bond donors (Lipinski definition) is 1. The quantitative estimate of drug-likeness (QED) is 0.618. The molecular formula is C11H15N3O3. The van der Waals surface area contributed by atoms with Gasteiger partial charge in [-0.05, 0) is 25.8 Å². The van der Waals surface area contributed by atoms with E-state index in [4.69, 9.17) is 0 Å². The van der Waals surface area contributed by atoms with Gasteiger partial charge in [0.1, 0.15) is 12.0 Å². The lowest BCUT2D eigenvalue weighted by atomic mass is 10.1. The first kappa shape index (κ1) is 11.8. The highest BCUT2D eigenvalue weighted by molar-refractivity contribution is 5.51. The Kier molecular flexibility index (Phi) is 2.74. The van der Waals surface area contributed by atoms with Crippen molar-refractivity contribution in [2.75, 3.05) is 18.0 Å². The van der Waals surface area contributed by atoms with Crippen molar-refractivity contribution in [1.82, 2.24) is 4.98 Å². The fourth-order valence-corrected chi connectivity index (χ4v) is 2.11. The van der Waals surface area contributed by atoms with Gasteiger partial charge < -0.3 is 10.0 Å². The molecule has 1 atom stereocenters. The van der Waals surface area contributed by atoms with Crippen molar-refractivity contribution in [3.8, 4) is 0 Å². The number of rotatable bonds is 2. The number of anilines is 1. The minimum absolute atomic E-state index is 0.00259. The maximum Gasteiger partial charge on any atom is 0.287 e. The highest BCUT2D eigenvalue weighted by atomic mass is 16.6. The molecule has 0 aliphatic carbocycles. The Bertz CT molecular complexity index is 459. The molecule has 0 saturated carbocycles. The summed E-state index contributed by atoms with van der Waals surface area (Å²) < 4.78 is 0. The highest BCUT2D eigenvalue weighted by Crippen LogP contribution is 2.28. The maximum atomic E-state index is 10.6. The average molecular weight is 237 g/mol. The van der Waals surface area contributed by atoms with Gasteiger partial charge in [-0.3, -0.25) is 10.1 Å². The molecule has 6 nitrogen and oxygen atoms in total. The smallest absolute Gasteiger partial charge is 0.287 e. The molecule has 1 aromatic rings. The molecule has 17 heavy (non-hydrogen) atoms. The van der Waals surface area contributed by atoms with Gasteiger partial charge in [0, 0.05) is 19.2 Å². The predicted molar refractivity (Wildman–Crippen MR) is 63.1 cm³/mol. The van der Waals surface area contributed by atoms with E-state index in [0.717, 1.165) is 12.1 Å². The first-order chi connectivity index (χ1) is 7.89. The number of aromatic nitrogens is 1. The van der Waals surface area contributed by atoms with Crippen molar-refractivity contribution in [1.29, 1.82) is 0 Å². The van der Waals surface area contributed by atoms with E-state index in [2.05, 4.69) is 4.98 Å². The number of aliphatic hydroxyl groups is 1. The molecule has 0 amide bonds. The Morgan fingerprint density at radius 2 is 2.35 bits per heavy atom. The standard InChI is InChI=1S/C11H15N3O3/c1-8-5-9(14(16)17)6-12-10(8)13-4-3-11(2,15)7-13/h5-6,15H,3-4,7H2,1-2H3. The van der Waals surface area contributed by atoms with Crippen LogP contribution in [0.3, 0.4) is 0 Å². The minimum atomic E-state index is -0.699. The SMILES string of the molecule is Cc1cc([N+](=O)[O-])cnc1N1CCC(C)(O)C1. The van der Waals surface area contributed by atoms with Gasteiger partial charge in [0.05, 0.1) is 10.5 Å².